The van der Waals surface area contributed by atoms with E-state index in [1.807, 2.05) is 24.4 Å². The molecule has 2 aromatic carbocycles. The third kappa shape index (κ3) is 3.47. The predicted molar refractivity (Wildman–Crippen MR) is 86.2 cm³/mol. The first-order valence-corrected chi connectivity index (χ1v) is 7.36. The van der Waals surface area contributed by atoms with Gasteiger partial charge in [0.15, 0.2) is 0 Å². The number of rotatable bonds is 5. The van der Waals surface area contributed by atoms with E-state index < -0.39 is 0 Å². The molecule has 0 saturated carbocycles. The van der Waals surface area contributed by atoms with Gasteiger partial charge in [0.1, 0.15) is 0 Å². The Labute approximate surface area is 125 Å². The fourth-order valence-corrected chi connectivity index (χ4v) is 2.71. The molecule has 2 nitrogen and oxygen atoms in total. The Morgan fingerprint density at radius 3 is 2.67 bits per heavy atom. The van der Waals surface area contributed by atoms with Crippen LogP contribution in [0.25, 0.3) is 10.8 Å². The van der Waals surface area contributed by atoms with Crippen LogP contribution in [0, 0.1) is 0 Å². The van der Waals surface area contributed by atoms with Crippen molar-refractivity contribution >= 4 is 10.8 Å². The molecule has 0 aliphatic rings. The number of fused-ring (bicyclic) bond motifs is 1. The highest BCUT2D eigenvalue weighted by atomic mass is 16.3. The van der Waals surface area contributed by atoms with E-state index in [0.29, 0.717) is 6.42 Å². The number of aliphatic hydroxyl groups is 1. The lowest BCUT2D eigenvalue weighted by molar-refractivity contribution is 0.165. The van der Waals surface area contributed by atoms with Gasteiger partial charge >= 0.3 is 0 Å². The lowest BCUT2D eigenvalue weighted by Crippen LogP contribution is -2.12. The van der Waals surface area contributed by atoms with Gasteiger partial charge in [-0.15, -0.1) is 0 Å². The average molecular weight is 277 g/mol. The Hall–Kier alpha value is -2.19. The molecule has 3 rings (SSSR count). The Bertz CT molecular complexity index is 704. The van der Waals surface area contributed by atoms with E-state index in [1.165, 1.54) is 21.9 Å². The largest absolute Gasteiger partial charge is 0.393 e. The van der Waals surface area contributed by atoms with E-state index in [2.05, 4.69) is 41.4 Å². The van der Waals surface area contributed by atoms with Gasteiger partial charge < -0.3 is 5.11 Å². The molecule has 3 aromatic rings. The fourth-order valence-electron chi connectivity index (χ4n) is 2.71. The van der Waals surface area contributed by atoms with Crippen molar-refractivity contribution in [1.82, 2.24) is 4.98 Å². The van der Waals surface area contributed by atoms with Gasteiger partial charge in [0.25, 0.3) is 0 Å². The number of aliphatic hydroxyl groups excluding tert-OH is 1. The number of hydrogen-bond acceptors (Lipinski definition) is 2. The van der Waals surface area contributed by atoms with E-state index in [9.17, 15) is 5.11 Å². The van der Waals surface area contributed by atoms with E-state index >= 15 is 0 Å². The van der Waals surface area contributed by atoms with Crippen LogP contribution in [0.4, 0.5) is 0 Å². The van der Waals surface area contributed by atoms with E-state index in [-0.39, 0.29) is 6.10 Å². The highest BCUT2D eigenvalue weighted by Gasteiger charge is 2.08. The second-order valence-corrected chi connectivity index (χ2v) is 5.40. The van der Waals surface area contributed by atoms with Crippen LogP contribution in [0.1, 0.15) is 17.5 Å². The number of pyridine rings is 1. The topological polar surface area (TPSA) is 33.1 Å². The zero-order valence-electron chi connectivity index (χ0n) is 11.9. The standard InChI is InChI=1S/C19H19NO/c21-18(11-10-15-5-4-12-20-14-15)13-17-8-3-7-16-6-1-2-9-19(16)17/h1-9,12,14,18,21H,10-11,13H2. The summed E-state index contributed by atoms with van der Waals surface area (Å²) in [6, 6.07) is 18.6. The zero-order valence-corrected chi connectivity index (χ0v) is 11.9. The average Bonchev–Trinajstić information content (AvgIpc) is 2.54. The molecule has 106 valence electrons. The van der Waals surface area contributed by atoms with Gasteiger partial charge in [0, 0.05) is 12.4 Å². The molecule has 0 saturated heterocycles. The van der Waals surface area contributed by atoms with Crippen molar-refractivity contribution in [2.24, 2.45) is 0 Å². The number of aryl methyl sites for hydroxylation is 1. The first-order valence-electron chi connectivity index (χ1n) is 7.36. The number of nitrogens with zero attached hydrogens (tertiary/aromatic N) is 1. The van der Waals surface area contributed by atoms with Crippen molar-refractivity contribution in [3.63, 3.8) is 0 Å². The van der Waals surface area contributed by atoms with Crippen LogP contribution in [0.3, 0.4) is 0 Å². The van der Waals surface area contributed by atoms with Gasteiger partial charge in [0.05, 0.1) is 6.10 Å². The predicted octanol–water partition coefficient (Wildman–Crippen LogP) is 3.77. The normalized spacial score (nSPS) is 12.4. The Morgan fingerprint density at radius 1 is 0.952 bits per heavy atom. The van der Waals surface area contributed by atoms with Gasteiger partial charge in [-0.05, 0) is 47.2 Å². The molecule has 21 heavy (non-hydrogen) atoms. The second kappa shape index (κ2) is 6.51. The molecular weight excluding hydrogens is 258 g/mol. The van der Waals surface area contributed by atoms with Gasteiger partial charge in [-0.1, -0.05) is 48.5 Å². The van der Waals surface area contributed by atoms with Gasteiger partial charge in [-0.2, -0.15) is 0 Å². The summed E-state index contributed by atoms with van der Waals surface area (Å²) in [5, 5.41) is 12.8. The number of aromatic nitrogens is 1. The molecule has 0 amide bonds. The number of hydrogen-bond donors (Lipinski definition) is 1. The maximum Gasteiger partial charge on any atom is 0.0584 e. The van der Waals surface area contributed by atoms with E-state index in [4.69, 9.17) is 0 Å². The van der Waals surface area contributed by atoms with Crippen molar-refractivity contribution < 1.29 is 5.11 Å². The summed E-state index contributed by atoms with van der Waals surface area (Å²) in [6.45, 7) is 0. The first kappa shape index (κ1) is 13.8. The molecule has 1 unspecified atom stereocenters. The molecule has 0 fully saturated rings. The van der Waals surface area contributed by atoms with Crippen molar-refractivity contribution in [2.75, 3.05) is 0 Å². The van der Waals surface area contributed by atoms with Gasteiger partial charge in [-0.25, -0.2) is 0 Å². The highest BCUT2D eigenvalue weighted by Crippen LogP contribution is 2.20. The Morgan fingerprint density at radius 2 is 1.81 bits per heavy atom. The molecular formula is C19H19NO. The quantitative estimate of drug-likeness (QED) is 0.770. The van der Waals surface area contributed by atoms with Crippen LogP contribution >= 0.6 is 0 Å². The van der Waals surface area contributed by atoms with Gasteiger partial charge in [-0.3, -0.25) is 4.98 Å². The summed E-state index contributed by atoms with van der Waals surface area (Å²) in [5.41, 5.74) is 2.39. The van der Waals surface area contributed by atoms with Crippen molar-refractivity contribution in [3.8, 4) is 0 Å². The van der Waals surface area contributed by atoms with Crippen LogP contribution in [0.2, 0.25) is 0 Å². The van der Waals surface area contributed by atoms with Crippen molar-refractivity contribution in [3.05, 3.63) is 78.1 Å². The molecule has 0 aliphatic carbocycles. The van der Waals surface area contributed by atoms with Crippen LogP contribution in [-0.2, 0) is 12.8 Å². The molecule has 1 heterocycles. The van der Waals surface area contributed by atoms with Crippen LogP contribution in [-0.4, -0.2) is 16.2 Å². The summed E-state index contributed by atoms with van der Waals surface area (Å²) >= 11 is 0. The lowest BCUT2D eigenvalue weighted by Gasteiger charge is -2.12. The molecule has 0 radical (unpaired) electrons. The maximum absolute atomic E-state index is 10.3. The third-order valence-corrected chi connectivity index (χ3v) is 3.82. The summed E-state index contributed by atoms with van der Waals surface area (Å²) < 4.78 is 0. The third-order valence-electron chi connectivity index (χ3n) is 3.82. The van der Waals surface area contributed by atoms with E-state index in [0.717, 1.165) is 12.8 Å². The molecule has 0 spiro atoms. The van der Waals surface area contributed by atoms with Crippen LogP contribution < -0.4 is 0 Å². The summed E-state index contributed by atoms with van der Waals surface area (Å²) in [6.07, 6.45) is 5.63. The van der Waals surface area contributed by atoms with Crippen LogP contribution in [0.5, 0.6) is 0 Å². The molecule has 1 N–H and O–H groups in total. The molecule has 0 aliphatic heterocycles. The maximum atomic E-state index is 10.3. The summed E-state index contributed by atoms with van der Waals surface area (Å²) in [5.74, 6) is 0. The zero-order chi connectivity index (χ0) is 14.5. The summed E-state index contributed by atoms with van der Waals surface area (Å²) in [7, 11) is 0. The highest BCUT2D eigenvalue weighted by molar-refractivity contribution is 5.85. The SMILES string of the molecule is OC(CCc1cccnc1)Cc1cccc2ccccc12. The lowest BCUT2D eigenvalue weighted by atomic mass is 9.97. The van der Waals surface area contributed by atoms with Crippen molar-refractivity contribution in [1.29, 1.82) is 0 Å². The summed E-state index contributed by atoms with van der Waals surface area (Å²) in [4.78, 5) is 4.11. The fraction of sp³-hybridized carbons (Fsp3) is 0.211. The number of benzene rings is 2. The minimum absolute atomic E-state index is 0.323. The molecule has 1 atom stereocenters. The van der Waals surface area contributed by atoms with Crippen LogP contribution in [0.15, 0.2) is 67.0 Å². The molecule has 0 bridgehead atoms. The Balaban J connectivity index is 1.67. The monoisotopic (exact) mass is 277 g/mol. The van der Waals surface area contributed by atoms with Gasteiger partial charge in [0.2, 0.25) is 0 Å². The van der Waals surface area contributed by atoms with E-state index in [1.54, 1.807) is 6.20 Å². The first-order chi connectivity index (χ1) is 10.3. The molecule has 1 aromatic heterocycles. The minimum atomic E-state index is -0.323. The van der Waals surface area contributed by atoms with Crippen molar-refractivity contribution in [2.45, 2.75) is 25.4 Å². The second-order valence-electron chi connectivity index (χ2n) is 5.40. The minimum Gasteiger partial charge on any atom is -0.393 e. The molecule has 2 heteroatoms. The Kier molecular flexibility index (Phi) is 4.27. The smallest absolute Gasteiger partial charge is 0.0584 e.